The van der Waals surface area contributed by atoms with Gasteiger partial charge in [0.25, 0.3) is 0 Å². The molecule has 0 radical (unpaired) electrons. The zero-order valence-corrected chi connectivity index (χ0v) is 12.8. The van der Waals surface area contributed by atoms with Gasteiger partial charge in [0.15, 0.2) is 0 Å². The Bertz CT molecular complexity index is 610. The minimum atomic E-state index is -0.249. The molecule has 3 heteroatoms. The van der Waals surface area contributed by atoms with Crippen LogP contribution in [-0.2, 0) is 6.42 Å². The summed E-state index contributed by atoms with van der Waals surface area (Å²) in [6.45, 7) is 4.18. The highest BCUT2D eigenvalue weighted by Gasteiger charge is 2.13. The first-order valence-electron chi connectivity index (χ1n) is 6.69. The molecule has 2 rings (SSSR count). The van der Waals surface area contributed by atoms with Gasteiger partial charge in [-0.2, -0.15) is 0 Å². The van der Waals surface area contributed by atoms with Crippen molar-refractivity contribution in [1.82, 2.24) is 5.32 Å². The van der Waals surface area contributed by atoms with Crippen molar-refractivity contribution in [3.8, 4) is 0 Å². The molecule has 1 unspecified atom stereocenters. The van der Waals surface area contributed by atoms with Crippen molar-refractivity contribution in [3.05, 3.63) is 69.5 Å². The second kappa shape index (κ2) is 6.38. The van der Waals surface area contributed by atoms with Gasteiger partial charge in [0.1, 0.15) is 5.82 Å². The predicted octanol–water partition coefficient (Wildman–Crippen LogP) is 4.60. The molecule has 1 atom stereocenters. The van der Waals surface area contributed by atoms with E-state index in [4.69, 9.17) is 11.6 Å². The van der Waals surface area contributed by atoms with Gasteiger partial charge in [-0.3, -0.25) is 0 Å². The second-order valence-corrected chi connectivity index (χ2v) is 5.56. The summed E-state index contributed by atoms with van der Waals surface area (Å²) in [4.78, 5) is 0. The van der Waals surface area contributed by atoms with E-state index in [2.05, 4.69) is 37.4 Å². The monoisotopic (exact) mass is 291 g/mol. The number of hydrogen-bond acceptors (Lipinski definition) is 1. The lowest BCUT2D eigenvalue weighted by Crippen LogP contribution is -2.19. The van der Waals surface area contributed by atoms with E-state index >= 15 is 0 Å². The third-order valence-corrected chi connectivity index (χ3v) is 3.96. The highest BCUT2D eigenvalue weighted by molar-refractivity contribution is 6.30. The Balaban J connectivity index is 2.26. The molecule has 0 saturated heterocycles. The van der Waals surface area contributed by atoms with E-state index in [1.54, 1.807) is 12.1 Å². The van der Waals surface area contributed by atoms with E-state index < -0.39 is 0 Å². The number of halogens is 2. The Hall–Kier alpha value is -1.38. The van der Waals surface area contributed by atoms with Crippen LogP contribution in [0.1, 0.15) is 28.3 Å². The number of benzene rings is 2. The van der Waals surface area contributed by atoms with Crippen LogP contribution in [0.2, 0.25) is 5.02 Å². The van der Waals surface area contributed by atoms with E-state index in [1.807, 2.05) is 7.05 Å². The topological polar surface area (TPSA) is 12.0 Å². The van der Waals surface area contributed by atoms with Gasteiger partial charge in [0.2, 0.25) is 0 Å². The number of hydrogen-bond donors (Lipinski definition) is 1. The van der Waals surface area contributed by atoms with Crippen LogP contribution >= 0.6 is 11.6 Å². The summed E-state index contributed by atoms with van der Waals surface area (Å²) in [6, 6.07) is 11.3. The van der Waals surface area contributed by atoms with Crippen LogP contribution in [0, 0.1) is 19.7 Å². The van der Waals surface area contributed by atoms with Crippen LogP contribution < -0.4 is 5.32 Å². The second-order valence-electron chi connectivity index (χ2n) is 5.12. The molecule has 0 aliphatic rings. The van der Waals surface area contributed by atoms with Crippen molar-refractivity contribution in [1.29, 1.82) is 0 Å². The standard InChI is InChI=1S/C17H19ClFN/c1-11-4-5-14(8-12(11)2)17(20-3)9-13-6-7-15(18)10-16(13)19/h4-8,10,17,20H,9H2,1-3H3. The highest BCUT2D eigenvalue weighted by atomic mass is 35.5. The molecule has 0 aliphatic carbocycles. The molecular formula is C17H19ClFN. The van der Waals surface area contributed by atoms with Crippen molar-refractivity contribution in [2.75, 3.05) is 7.05 Å². The van der Waals surface area contributed by atoms with E-state index in [0.29, 0.717) is 17.0 Å². The lowest BCUT2D eigenvalue weighted by molar-refractivity contribution is 0.554. The fraction of sp³-hybridized carbons (Fsp3) is 0.294. The van der Waals surface area contributed by atoms with Gasteiger partial charge in [-0.15, -0.1) is 0 Å². The number of nitrogens with one attached hydrogen (secondary N) is 1. The Kier molecular flexibility index (Phi) is 4.79. The summed E-state index contributed by atoms with van der Waals surface area (Å²) in [5.41, 5.74) is 4.36. The van der Waals surface area contributed by atoms with Gasteiger partial charge in [-0.1, -0.05) is 35.9 Å². The molecule has 0 aromatic heterocycles. The largest absolute Gasteiger partial charge is 0.313 e. The molecule has 0 heterocycles. The van der Waals surface area contributed by atoms with Crippen molar-refractivity contribution in [3.63, 3.8) is 0 Å². The number of aryl methyl sites for hydroxylation is 2. The smallest absolute Gasteiger partial charge is 0.127 e. The van der Waals surface area contributed by atoms with Gasteiger partial charge in [-0.05, 0) is 61.7 Å². The van der Waals surface area contributed by atoms with Crippen molar-refractivity contribution in [2.24, 2.45) is 0 Å². The van der Waals surface area contributed by atoms with E-state index in [0.717, 1.165) is 0 Å². The molecule has 106 valence electrons. The zero-order chi connectivity index (χ0) is 14.7. The molecule has 20 heavy (non-hydrogen) atoms. The van der Waals surface area contributed by atoms with Crippen LogP contribution in [0.5, 0.6) is 0 Å². The Morgan fingerprint density at radius 2 is 1.85 bits per heavy atom. The Morgan fingerprint density at radius 1 is 1.10 bits per heavy atom. The lowest BCUT2D eigenvalue weighted by atomic mass is 9.96. The maximum atomic E-state index is 13.9. The molecule has 2 aromatic rings. The highest BCUT2D eigenvalue weighted by Crippen LogP contribution is 2.23. The molecule has 0 spiro atoms. The van der Waals surface area contributed by atoms with Gasteiger partial charge in [0.05, 0.1) is 0 Å². The lowest BCUT2D eigenvalue weighted by Gasteiger charge is -2.18. The average Bonchev–Trinajstić information content (AvgIpc) is 2.41. The number of rotatable bonds is 4. The molecule has 1 N–H and O–H groups in total. The molecule has 0 bridgehead atoms. The van der Waals surface area contributed by atoms with Crippen molar-refractivity contribution in [2.45, 2.75) is 26.3 Å². The number of likely N-dealkylation sites (N-methyl/N-ethyl adjacent to an activating group) is 1. The summed E-state index contributed by atoms with van der Waals surface area (Å²) < 4.78 is 13.9. The van der Waals surface area contributed by atoms with Crippen LogP contribution in [0.25, 0.3) is 0 Å². The quantitative estimate of drug-likeness (QED) is 0.868. The molecule has 1 nitrogen and oxygen atoms in total. The fourth-order valence-electron chi connectivity index (χ4n) is 2.28. The molecule has 0 aliphatic heterocycles. The van der Waals surface area contributed by atoms with Crippen molar-refractivity contribution >= 4 is 11.6 Å². The first-order valence-corrected chi connectivity index (χ1v) is 7.07. The van der Waals surface area contributed by atoms with Gasteiger partial charge >= 0.3 is 0 Å². The van der Waals surface area contributed by atoms with Gasteiger partial charge in [-0.25, -0.2) is 4.39 Å². The molecule has 0 amide bonds. The summed E-state index contributed by atoms with van der Waals surface area (Å²) in [5.74, 6) is -0.249. The van der Waals surface area contributed by atoms with Gasteiger partial charge in [0, 0.05) is 11.1 Å². The summed E-state index contributed by atoms with van der Waals surface area (Å²) >= 11 is 5.79. The van der Waals surface area contributed by atoms with Crippen LogP contribution in [0.4, 0.5) is 4.39 Å². The molecule has 0 fully saturated rings. The normalized spacial score (nSPS) is 12.4. The third-order valence-electron chi connectivity index (χ3n) is 3.72. The molecule has 2 aromatic carbocycles. The average molecular weight is 292 g/mol. The summed E-state index contributed by atoms with van der Waals surface area (Å²) in [7, 11) is 1.90. The first kappa shape index (κ1) is 15.0. The Morgan fingerprint density at radius 3 is 2.45 bits per heavy atom. The molecule has 0 saturated carbocycles. The minimum absolute atomic E-state index is 0.0879. The maximum Gasteiger partial charge on any atom is 0.127 e. The van der Waals surface area contributed by atoms with Crippen molar-refractivity contribution < 1.29 is 4.39 Å². The Labute approximate surface area is 124 Å². The summed E-state index contributed by atoms with van der Waals surface area (Å²) in [5, 5.41) is 3.68. The van der Waals surface area contributed by atoms with Crippen LogP contribution in [0.15, 0.2) is 36.4 Å². The maximum absolute atomic E-state index is 13.9. The van der Waals surface area contributed by atoms with E-state index in [-0.39, 0.29) is 11.9 Å². The third kappa shape index (κ3) is 3.38. The molecular weight excluding hydrogens is 273 g/mol. The first-order chi connectivity index (χ1) is 9.51. The van der Waals surface area contributed by atoms with Crippen LogP contribution in [-0.4, -0.2) is 7.05 Å². The predicted molar refractivity (Wildman–Crippen MR) is 82.8 cm³/mol. The van der Waals surface area contributed by atoms with E-state index in [1.165, 1.54) is 22.8 Å². The zero-order valence-electron chi connectivity index (χ0n) is 12.0. The van der Waals surface area contributed by atoms with Crippen LogP contribution in [0.3, 0.4) is 0 Å². The van der Waals surface area contributed by atoms with E-state index in [9.17, 15) is 4.39 Å². The summed E-state index contributed by atoms with van der Waals surface area (Å²) in [6.07, 6.45) is 0.599. The fourth-order valence-corrected chi connectivity index (χ4v) is 2.43. The van der Waals surface area contributed by atoms with Gasteiger partial charge < -0.3 is 5.32 Å². The SMILES string of the molecule is CNC(Cc1ccc(Cl)cc1F)c1ccc(C)c(C)c1. The minimum Gasteiger partial charge on any atom is -0.313 e.